The van der Waals surface area contributed by atoms with Gasteiger partial charge in [-0.1, -0.05) is 12.1 Å². The van der Waals surface area contributed by atoms with Crippen molar-refractivity contribution in [3.63, 3.8) is 0 Å². The van der Waals surface area contributed by atoms with Crippen molar-refractivity contribution in [2.45, 2.75) is 19.4 Å². The van der Waals surface area contributed by atoms with Gasteiger partial charge in [-0.15, -0.1) is 0 Å². The summed E-state index contributed by atoms with van der Waals surface area (Å²) in [5.74, 6) is 0. The minimum Gasteiger partial charge on any atom is -0.388 e. The van der Waals surface area contributed by atoms with Gasteiger partial charge in [-0.3, -0.25) is 0 Å². The zero-order valence-corrected chi connectivity index (χ0v) is 7.13. The van der Waals surface area contributed by atoms with Gasteiger partial charge in [0.05, 0.1) is 11.7 Å². The Morgan fingerprint density at radius 3 is 3.00 bits per heavy atom. The molecule has 10 heavy (non-hydrogen) atoms. The van der Waals surface area contributed by atoms with Crippen LogP contribution in [0.5, 0.6) is 0 Å². The first-order chi connectivity index (χ1) is 4.75. The Balaban J connectivity index is 2.82. The summed E-state index contributed by atoms with van der Waals surface area (Å²) in [6.07, 6.45) is 1.64. The van der Waals surface area contributed by atoms with Gasteiger partial charge in [0.25, 0.3) is 0 Å². The largest absolute Gasteiger partial charge is 0.388 e. The van der Waals surface area contributed by atoms with Gasteiger partial charge in [0.15, 0.2) is 4.60 Å². The van der Waals surface area contributed by atoms with Gasteiger partial charge in [0.1, 0.15) is 6.26 Å². The third-order valence-corrected chi connectivity index (χ3v) is 1.90. The maximum atomic E-state index is 9.27. The molecule has 0 bridgehead atoms. The Hall–Kier alpha value is -0.350. The van der Waals surface area contributed by atoms with Gasteiger partial charge >= 0.3 is 0 Å². The monoisotopic (exact) mass is 205 g/mol. The van der Waals surface area contributed by atoms with Crippen molar-refractivity contribution in [2.24, 2.45) is 0 Å². The quantitative estimate of drug-likeness (QED) is 0.803. The Morgan fingerprint density at radius 2 is 2.60 bits per heavy atom. The molecule has 0 spiro atoms. The number of aromatic nitrogens is 1. The number of hydrogen-bond donors (Lipinski definition) is 1. The van der Waals surface area contributed by atoms with Gasteiger partial charge < -0.3 is 9.63 Å². The van der Waals surface area contributed by atoms with Crippen LogP contribution in [0.1, 0.15) is 25.0 Å². The van der Waals surface area contributed by atoms with Crippen LogP contribution in [0, 0.1) is 0 Å². The molecule has 1 unspecified atom stereocenters. The predicted octanol–water partition coefficient (Wildman–Crippen LogP) is 1.88. The number of aliphatic hydroxyl groups is 1. The molecule has 1 heterocycles. The highest BCUT2D eigenvalue weighted by Gasteiger charge is 2.11. The Bertz CT molecular complexity index is 211. The fraction of sp³-hybridized carbons (Fsp3) is 0.500. The van der Waals surface area contributed by atoms with Crippen LogP contribution in [0.2, 0.25) is 0 Å². The molecule has 1 aromatic heterocycles. The molecule has 56 valence electrons. The molecule has 0 aromatic carbocycles. The van der Waals surface area contributed by atoms with Crippen molar-refractivity contribution in [2.75, 3.05) is 0 Å². The average molecular weight is 206 g/mol. The van der Waals surface area contributed by atoms with E-state index in [-0.39, 0.29) is 0 Å². The molecule has 0 fully saturated rings. The molecule has 0 saturated heterocycles. The van der Waals surface area contributed by atoms with Crippen LogP contribution in [0.15, 0.2) is 15.4 Å². The fourth-order valence-electron chi connectivity index (χ4n) is 0.667. The lowest BCUT2D eigenvalue weighted by Gasteiger charge is -2.01. The third kappa shape index (κ3) is 1.38. The van der Waals surface area contributed by atoms with Gasteiger partial charge in [-0.25, -0.2) is 0 Å². The summed E-state index contributed by atoms with van der Waals surface area (Å²) in [6.45, 7) is 1.89. The second-order valence-corrected chi connectivity index (χ2v) is 2.74. The highest BCUT2D eigenvalue weighted by atomic mass is 79.9. The van der Waals surface area contributed by atoms with Crippen LogP contribution < -0.4 is 0 Å². The molecule has 0 radical (unpaired) electrons. The van der Waals surface area contributed by atoms with E-state index in [0.717, 1.165) is 0 Å². The lowest BCUT2D eigenvalue weighted by Crippen LogP contribution is -1.92. The maximum Gasteiger partial charge on any atom is 0.154 e. The summed E-state index contributed by atoms with van der Waals surface area (Å²) in [6, 6.07) is 0. The van der Waals surface area contributed by atoms with E-state index in [2.05, 4.69) is 25.6 Å². The second-order valence-electron chi connectivity index (χ2n) is 1.98. The zero-order chi connectivity index (χ0) is 7.56. The average Bonchev–Trinajstić information content (AvgIpc) is 2.34. The lowest BCUT2D eigenvalue weighted by molar-refractivity contribution is 0.172. The highest BCUT2D eigenvalue weighted by molar-refractivity contribution is 9.10. The molecule has 4 heteroatoms. The van der Waals surface area contributed by atoms with Crippen LogP contribution in [0.4, 0.5) is 0 Å². The number of rotatable bonds is 2. The molecule has 1 rings (SSSR count). The van der Waals surface area contributed by atoms with E-state index in [1.807, 2.05) is 6.92 Å². The van der Waals surface area contributed by atoms with Crippen LogP contribution in [-0.4, -0.2) is 10.3 Å². The van der Waals surface area contributed by atoms with Crippen molar-refractivity contribution >= 4 is 15.9 Å². The van der Waals surface area contributed by atoms with E-state index in [9.17, 15) is 5.11 Å². The van der Waals surface area contributed by atoms with Crippen LogP contribution in [-0.2, 0) is 0 Å². The van der Waals surface area contributed by atoms with E-state index >= 15 is 0 Å². The predicted molar refractivity (Wildman–Crippen MR) is 39.5 cm³/mol. The van der Waals surface area contributed by atoms with E-state index in [4.69, 9.17) is 0 Å². The summed E-state index contributed by atoms with van der Waals surface area (Å²) in [4.78, 5) is 0. The minimum absolute atomic E-state index is 0.472. The molecule has 0 aliphatic rings. The number of hydrogen-bond acceptors (Lipinski definition) is 3. The molecule has 1 N–H and O–H groups in total. The third-order valence-electron chi connectivity index (χ3n) is 1.30. The van der Waals surface area contributed by atoms with Gasteiger partial charge in [0, 0.05) is 0 Å². The SMILES string of the molecule is CCC(O)c1conc1Br. The normalized spacial score (nSPS) is 13.5. The number of halogens is 1. The van der Waals surface area contributed by atoms with Gasteiger partial charge in [0.2, 0.25) is 0 Å². The van der Waals surface area contributed by atoms with E-state index < -0.39 is 6.10 Å². The minimum atomic E-state index is -0.472. The van der Waals surface area contributed by atoms with E-state index in [0.29, 0.717) is 16.6 Å². The van der Waals surface area contributed by atoms with Crippen LogP contribution in [0.3, 0.4) is 0 Å². The Labute approximate surface area is 67.2 Å². The lowest BCUT2D eigenvalue weighted by atomic mass is 10.2. The zero-order valence-electron chi connectivity index (χ0n) is 5.54. The summed E-state index contributed by atoms with van der Waals surface area (Å²) in [5, 5.41) is 12.8. The highest BCUT2D eigenvalue weighted by Crippen LogP contribution is 2.23. The summed E-state index contributed by atoms with van der Waals surface area (Å²) >= 11 is 3.14. The molecule has 1 atom stereocenters. The molecule has 0 amide bonds. The fourth-order valence-corrected chi connectivity index (χ4v) is 1.11. The Kier molecular flexibility index (Phi) is 2.45. The summed E-state index contributed by atoms with van der Waals surface area (Å²) in [7, 11) is 0. The Morgan fingerprint density at radius 1 is 1.90 bits per heavy atom. The smallest absolute Gasteiger partial charge is 0.154 e. The van der Waals surface area contributed by atoms with Crippen molar-refractivity contribution in [3.8, 4) is 0 Å². The van der Waals surface area contributed by atoms with Crippen molar-refractivity contribution in [1.29, 1.82) is 0 Å². The van der Waals surface area contributed by atoms with Crippen LogP contribution in [0.25, 0.3) is 0 Å². The molecule has 1 aromatic rings. The molecule has 0 aliphatic heterocycles. The van der Waals surface area contributed by atoms with Gasteiger partial charge in [-0.05, 0) is 22.4 Å². The summed E-state index contributed by atoms with van der Waals surface area (Å²) < 4.78 is 5.20. The van der Waals surface area contributed by atoms with Crippen molar-refractivity contribution in [1.82, 2.24) is 5.16 Å². The molecule has 0 aliphatic carbocycles. The first kappa shape index (κ1) is 7.75. The first-order valence-electron chi connectivity index (χ1n) is 3.03. The van der Waals surface area contributed by atoms with E-state index in [1.165, 1.54) is 6.26 Å². The van der Waals surface area contributed by atoms with Crippen LogP contribution >= 0.6 is 15.9 Å². The molecule has 3 nitrogen and oxygen atoms in total. The van der Waals surface area contributed by atoms with Crippen molar-refractivity contribution in [3.05, 3.63) is 16.4 Å². The number of aliphatic hydroxyl groups excluding tert-OH is 1. The summed E-state index contributed by atoms with van der Waals surface area (Å²) in [5.41, 5.74) is 0.711. The standard InChI is InChI=1S/C6H8BrNO2/c1-2-5(9)4-3-10-8-6(4)7/h3,5,9H,2H2,1H3. The van der Waals surface area contributed by atoms with Crippen molar-refractivity contribution < 1.29 is 9.63 Å². The van der Waals surface area contributed by atoms with E-state index in [1.54, 1.807) is 0 Å². The molecular weight excluding hydrogens is 198 g/mol. The van der Waals surface area contributed by atoms with Gasteiger partial charge in [-0.2, -0.15) is 0 Å². The first-order valence-corrected chi connectivity index (χ1v) is 3.82. The second kappa shape index (κ2) is 3.16. The number of nitrogens with zero attached hydrogens (tertiary/aromatic N) is 1. The molecular formula is C6H8BrNO2. The molecule has 0 saturated carbocycles. The topological polar surface area (TPSA) is 46.3 Å². The maximum absolute atomic E-state index is 9.27.